The first-order chi connectivity index (χ1) is 8.02. The molecule has 110 valence electrons. The van der Waals surface area contributed by atoms with Crippen molar-refractivity contribution in [3.8, 4) is 0 Å². The minimum absolute atomic E-state index is 0. The van der Waals surface area contributed by atoms with Crippen LogP contribution in [0.15, 0.2) is 18.2 Å². The van der Waals surface area contributed by atoms with Gasteiger partial charge in [0.1, 0.15) is 0 Å². The van der Waals surface area contributed by atoms with Crippen LogP contribution in [0.3, 0.4) is 0 Å². The number of aryl methyl sites for hydroxylation is 1. The molecule has 0 bridgehead atoms. The minimum atomic E-state index is -0.0311. The van der Waals surface area contributed by atoms with E-state index in [1.807, 2.05) is 33.2 Å². The highest BCUT2D eigenvalue weighted by Gasteiger charge is 2.07. The van der Waals surface area contributed by atoms with Crippen LogP contribution in [-0.4, -0.2) is 31.4 Å². The van der Waals surface area contributed by atoms with E-state index in [-0.39, 0.29) is 30.7 Å². The molecule has 1 aromatic rings. The lowest BCUT2D eigenvalue weighted by Gasteiger charge is -2.15. The number of carbonyl (C=O) groups is 1. The zero-order valence-electron chi connectivity index (χ0n) is 11.6. The molecule has 0 saturated heterocycles. The van der Waals surface area contributed by atoms with Crippen LogP contribution in [0.4, 0.5) is 5.69 Å². The second-order valence-corrected chi connectivity index (χ2v) is 4.49. The summed E-state index contributed by atoms with van der Waals surface area (Å²) in [5.74, 6) is -0.0311. The van der Waals surface area contributed by atoms with Crippen LogP contribution in [-0.2, 0) is 11.3 Å². The maximum absolute atomic E-state index is 11.5. The first kappa shape index (κ1) is 20.5. The third-order valence-corrected chi connectivity index (χ3v) is 2.39. The van der Waals surface area contributed by atoms with Gasteiger partial charge in [-0.15, -0.1) is 24.8 Å². The lowest BCUT2D eigenvalue weighted by atomic mass is 10.1. The van der Waals surface area contributed by atoms with Gasteiger partial charge in [-0.1, -0.05) is 17.7 Å². The zero-order chi connectivity index (χ0) is 12.8. The largest absolute Gasteiger partial charge is 0.330 e. The van der Waals surface area contributed by atoms with Gasteiger partial charge in [0.2, 0.25) is 5.91 Å². The average molecular weight is 308 g/mol. The second kappa shape index (κ2) is 10.0. The van der Waals surface area contributed by atoms with Gasteiger partial charge in [0.15, 0.2) is 0 Å². The van der Waals surface area contributed by atoms with E-state index >= 15 is 0 Å². The van der Waals surface area contributed by atoms with E-state index < -0.39 is 0 Å². The first-order valence-electron chi connectivity index (χ1n) is 5.77. The molecule has 0 saturated carbocycles. The molecule has 0 heterocycles. The van der Waals surface area contributed by atoms with Crippen LogP contribution in [0.5, 0.6) is 0 Å². The van der Waals surface area contributed by atoms with Crippen molar-refractivity contribution in [2.45, 2.75) is 19.9 Å². The van der Waals surface area contributed by atoms with Crippen molar-refractivity contribution in [3.63, 3.8) is 0 Å². The number of hydrogen-bond donors (Lipinski definition) is 2. The number of rotatable bonds is 5. The molecule has 0 unspecified atom stereocenters. The van der Waals surface area contributed by atoms with Crippen molar-refractivity contribution in [1.29, 1.82) is 0 Å². The Labute approximate surface area is 127 Å². The molecule has 0 atom stereocenters. The van der Waals surface area contributed by atoms with Gasteiger partial charge in [-0.2, -0.15) is 0 Å². The molecule has 0 radical (unpaired) electrons. The Bertz CT molecular complexity index is 397. The number of nitrogens with zero attached hydrogens (tertiary/aromatic N) is 1. The van der Waals surface area contributed by atoms with Crippen LogP contribution in [0.25, 0.3) is 0 Å². The predicted molar refractivity (Wildman–Crippen MR) is 85.4 cm³/mol. The van der Waals surface area contributed by atoms with Crippen LogP contribution in [0, 0.1) is 6.92 Å². The molecule has 4 nitrogen and oxygen atoms in total. The summed E-state index contributed by atoms with van der Waals surface area (Å²) in [6, 6.07) is 6.04. The molecule has 0 fully saturated rings. The number of amides is 1. The Morgan fingerprint density at radius 2 is 1.95 bits per heavy atom. The van der Waals surface area contributed by atoms with Crippen molar-refractivity contribution < 1.29 is 4.79 Å². The predicted octanol–water partition coefficient (Wildman–Crippen LogP) is 2.19. The summed E-state index contributed by atoms with van der Waals surface area (Å²) in [4.78, 5) is 13.6. The van der Waals surface area contributed by atoms with Crippen LogP contribution in [0.2, 0.25) is 0 Å². The van der Waals surface area contributed by atoms with Crippen molar-refractivity contribution in [2.24, 2.45) is 5.73 Å². The number of anilines is 1. The SMILES string of the molecule is Cc1ccc(NC(=O)CCN)c(CN(C)C)c1.Cl.Cl. The molecule has 1 rings (SSSR count). The summed E-state index contributed by atoms with van der Waals surface area (Å²) in [6.45, 7) is 3.23. The Morgan fingerprint density at radius 1 is 1.32 bits per heavy atom. The number of benzene rings is 1. The number of nitrogens with one attached hydrogen (secondary N) is 1. The van der Waals surface area contributed by atoms with Crippen LogP contribution in [0.1, 0.15) is 17.5 Å². The minimum Gasteiger partial charge on any atom is -0.330 e. The summed E-state index contributed by atoms with van der Waals surface area (Å²) in [5, 5.41) is 2.90. The monoisotopic (exact) mass is 307 g/mol. The summed E-state index contributed by atoms with van der Waals surface area (Å²) >= 11 is 0. The Hall–Kier alpha value is -0.810. The van der Waals surface area contributed by atoms with Gasteiger partial charge in [0, 0.05) is 25.2 Å². The summed E-state index contributed by atoms with van der Waals surface area (Å²) < 4.78 is 0. The highest BCUT2D eigenvalue weighted by Crippen LogP contribution is 2.18. The van der Waals surface area contributed by atoms with Crippen molar-refractivity contribution >= 4 is 36.4 Å². The molecule has 3 N–H and O–H groups in total. The maximum atomic E-state index is 11.5. The van der Waals surface area contributed by atoms with Gasteiger partial charge in [-0.3, -0.25) is 4.79 Å². The molecular formula is C13H23Cl2N3O. The molecule has 1 aromatic carbocycles. The van der Waals surface area contributed by atoms with Gasteiger partial charge < -0.3 is 16.0 Å². The molecule has 0 aliphatic heterocycles. The van der Waals surface area contributed by atoms with E-state index in [4.69, 9.17) is 5.73 Å². The van der Waals surface area contributed by atoms with E-state index in [0.29, 0.717) is 13.0 Å². The van der Waals surface area contributed by atoms with E-state index in [2.05, 4.69) is 16.3 Å². The lowest BCUT2D eigenvalue weighted by Crippen LogP contribution is -2.19. The van der Waals surface area contributed by atoms with E-state index in [9.17, 15) is 4.79 Å². The third-order valence-electron chi connectivity index (χ3n) is 2.39. The quantitative estimate of drug-likeness (QED) is 0.876. The van der Waals surface area contributed by atoms with Gasteiger partial charge in [-0.05, 0) is 32.6 Å². The Morgan fingerprint density at radius 3 is 2.47 bits per heavy atom. The number of halogens is 2. The smallest absolute Gasteiger partial charge is 0.225 e. The molecule has 0 spiro atoms. The van der Waals surface area contributed by atoms with Gasteiger partial charge in [-0.25, -0.2) is 0 Å². The molecular weight excluding hydrogens is 285 g/mol. The first-order valence-corrected chi connectivity index (χ1v) is 5.77. The van der Waals surface area contributed by atoms with Gasteiger partial charge >= 0.3 is 0 Å². The molecule has 0 aliphatic rings. The number of nitrogens with two attached hydrogens (primary N) is 1. The molecule has 0 aliphatic carbocycles. The fraction of sp³-hybridized carbons (Fsp3) is 0.462. The molecule has 0 aromatic heterocycles. The fourth-order valence-electron chi connectivity index (χ4n) is 1.66. The average Bonchev–Trinajstić information content (AvgIpc) is 2.21. The summed E-state index contributed by atoms with van der Waals surface area (Å²) in [5.41, 5.74) is 8.55. The van der Waals surface area contributed by atoms with Crippen LogP contribution < -0.4 is 11.1 Å². The standard InChI is InChI=1S/C13H21N3O.2ClH/c1-10-4-5-12(15-13(17)6-7-14)11(8-10)9-16(2)3;;/h4-5,8H,6-7,9,14H2,1-3H3,(H,15,17);2*1H. The maximum Gasteiger partial charge on any atom is 0.225 e. The normalized spacial score (nSPS) is 9.53. The second-order valence-electron chi connectivity index (χ2n) is 4.49. The topological polar surface area (TPSA) is 58.4 Å². The molecule has 1 amide bonds. The molecule has 6 heteroatoms. The van der Waals surface area contributed by atoms with Crippen molar-refractivity contribution in [3.05, 3.63) is 29.3 Å². The number of hydrogen-bond acceptors (Lipinski definition) is 3. The fourth-order valence-corrected chi connectivity index (χ4v) is 1.66. The third kappa shape index (κ3) is 7.38. The summed E-state index contributed by atoms with van der Waals surface area (Å²) in [7, 11) is 4.02. The summed E-state index contributed by atoms with van der Waals surface area (Å²) in [6.07, 6.45) is 0.356. The lowest BCUT2D eigenvalue weighted by molar-refractivity contribution is -0.116. The number of carbonyl (C=O) groups excluding carboxylic acids is 1. The molecule has 19 heavy (non-hydrogen) atoms. The van der Waals surface area contributed by atoms with E-state index in [0.717, 1.165) is 17.8 Å². The van der Waals surface area contributed by atoms with Crippen molar-refractivity contribution in [2.75, 3.05) is 26.0 Å². The Balaban J connectivity index is 0. The Kier molecular flexibility index (Phi) is 10.8. The van der Waals surface area contributed by atoms with Gasteiger partial charge in [0.05, 0.1) is 0 Å². The highest BCUT2D eigenvalue weighted by molar-refractivity contribution is 5.91. The van der Waals surface area contributed by atoms with Crippen molar-refractivity contribution in [1.82, 2.24) is 4.90 Å². The zero-order valence-corrected chi connectivity index (χ0v) is 13.2. The highest BCUT2D eigenvalue weighted by atomic mass is 35.5. The van der Waals surface area contributed by atoms with E-state index in [1.165, 1.54) is 5.56 Å². The van der Waals surface area contributed by atoms with E-state index in [1.54, 1.807) is 0 Å². The van der Waals surface area contributed by atoms with Gasteiger partial charge in [0.25, 0.3) is 0 Å². The van der Waals surface area contributed by atoms with Crippen LogP contribution >= 0.6 is 24.8 Å².